The number of carbonyl (C=O) groups is 1. The Morgan fingerprint density at radius 3 is 2.65 bits per heavy atom. The Morgan fingerprint density at radius 1 is 1.20 bits per heavy atom. The Balaban J connectivity index is 1.60. The Labute approximate surface area is 117 Å². The number of nitrogens with one attached hydrogen (secondary N) is 1. The third-order valence-electron chi connectivity index (χ3n) is 3.21. The molecule has 0 radical (unpaired) electrons. The molecule has 0 unspecified atom stereocenters. The van der Waals surface area contributed by atoms with Crippen molar-refractivity contribution in [3.8, 4) is 11.6 Å². The fraction of sp³-hybridized carbons (Fsp3) is 0.250. The molecule has 4 heteroatoms. The summed E-state index contributed by atoms with van der Waals surface area (Å²) in [4.78, 5) is 16.0. The fourth-order valence-electron chi connectivity index (χ4n) is 1.85. The van der Waals surface area contributed by atoms with E-state index in [1.54, 1.807) is 18.3 Å². The molecule has 3 rings (SSSR count). The van der Waals surface area contributed by atoms with E-state index in [0.29, 0.717) is 17.4 Å². The average Bonchev–Trinajstić information content (AvgIpc) is 3.31. The molecule has 1 amide bonds. The highest BCUT2D eigenvalue weighted by Crippen LogP contribution is 2.27. The molecule has 1 saturated carbocycles. The van der Waals surface area contributed by atoms with Crippen molar-refractivity contribution in [2.75, 3.05) is 6.54 Å². The Bertz CT molecular complexity index is 577. The molecule has 20 heavy (non-hydrogen) atoms. The van der Waals surface area contributed by atoms with Crippen LogP contribution in [0, 0.1) is 5.92 Å². The van der Waals surface area contributed by atoms with Gasteiger partial charge in [-0.3, -0.25) is 4.79 Å². The van der Waals surface area contributed by atoms with Gasteiger partial charge in [-0.1, -0.05) is 18.2 Å². The number of para-hydroxylation sites is 1. The molecule has 1 aliphatic rings. The van der Waals surface area contributed by atoms with Crippen LogP contribution in [0.15, 0.2) is 48.7 Å². The van der Waals surface area contributed by atoms with Crippen LogP contribution >= 0.6 is 0 Å². The molecule has 1 aromatic heterocycles. The molecule has 1 fully saturated rings. The molecule has 0 spiro atoms. The van der Waals surface area contributed by atoms with Gasteiger partial charge < -0.3 is 10.1 Å². The monoisotopic (exact) mass is 268 g/mol. The first-order valence-corrected chi connectivity index (χ1v) is 6.78. The van der Waals surface area contributed by atoms with Gasteiger partial charge >= 0.3 is 0 Å². The zero-order valence-corrected chi connectivity index (χ0v) is 11.1. The van der Waals surface area contributed by atoms with Gasteiger partial charge in [-0.25, -0.2) is 4.98 Å². The number of amides is 1. The van der Waals surface area contributed by atoms with Crippen molar-refractivity contribution in [2.45, 2.75) is 12.8 Å². The third-order valence-corrected chi connectivity index (χ3v) is 3.21. The number of pyridine rings is 1. The molecule has 0 bridgehead atoms. The van der Waals surface area contributed by atoms with E-state index in [1.165, 1.54) is 12.8 Å². The van der Waals surface area contributed by atoms with Crippen LogP contribution in [0.2, 0.25) is 0 Å². The third kappa shape index (κ3) is 3.35. The van der Waals surface area contributed by atoms with Crippen LogP contribution in [0.4, 0.5) is 0 Å². The van der Waals surface area contributed by atoms with E-state index in [0.717, 1.165) is 12.3 Å². The van der Waals surface area contributed by atoms with Crippen molar-refractivity contribution in [1.29, 1.82) is 0 Å². The second-order valence-electron chi connectivity index (χ2n) is 4.95. The van der Waals surface area contributed by atoms with E-state index in [9.17, 15) is 4.79 Å². The summed E-state index contributed by atoms with van der Waals surface area (Å²) in [6, 6.07) is 12.9. The summed E-state index contributed by atoms with van der Waals surface area (Å²) in [6.45, 7) is 0.765. The topological polar surface area (TPSA) is 51.2 Å². The lowest BCUT2D eigenvalue weighted by Gasteiger charge is -2.06. The quantitative estimate of drug-likeness (QED) is 0.906. The predicted molar refractivity (Wildman–Crippen MR) is 75.8 cm³/mol. The van der Waals surface area contributed by atoms with Gasteiger partial charge in [0.25, 0.3) is 5.91 Å². The van der Waals surface area contributed by atoms with Gasteiger partial charge in [-0.15, -0.1) is 0 Å². The lowest BCUT2D eigenvalue weighted by molar-refractivity contribution is 0.0951. The maximum atomic E-state index is 11.9. The first-order valence-electron chi connectivity index (χ1n) is 6.78. The largest absolute Gasteiger partial charge is 0.439 e. The van der Waals surface area contributed by atoms with E-state index in [-0.39, 0.29) is 5.91 Å². The van der Waals surface area contributed by atoms with Crippen molar-refractivity contribution >= 4 is 5.91 Å². The van der Waals surface area contributed by atoms with Gasteiger partial charge in [-0.2, -0.15) is 0 Å². The van der Waals surface area contributed by atoms with Crippen LogP contribution < -0.4 is 10.1 Å². The Kier molecular flexibility index (Phi) is 3.63. The molecule has 1 aliphatic carbocycles. The van der Waals surface area contributed by atoms with E-state index in [4.69, 9.17) is 4.74 Å². The smallest absolute Gasteiger partial charge is 0.252 e. The minimum atomic E-state index is -0.0735. The van der Waals surface area contributed by atoms with Crippen LogP contribution in [0.5, 0.6) is 11.6 Å². The standard InChI is InChI=1S/C16H16N2O2/c19-16(18-10-12-6-7-12)13-8-9-15(17-11-13)20-14-4-2-1-3-5-14/h1-5,8-9,11-12H,6-7,10H2,(H,18,19). The molecule has 1 heterocycles. The number of nitrogens with zero attached hydrogens (tertiary/aromatic N) is 1. The summed E-state index contributed by atoms with van der Waals surface area (Å²) in [7, 11) is 0. The normalized spacial score (nSPS) is 13.8. The summed E-state index contributed by atoms with van der Waals surface area (Å²) >= 11 is 0. The Hall–Kier alpha value is -2.36. The molecule has 0 saturated heterocycles. The van der Waals surface area contributed by atoms with E-state index in [2.05, 4.69) is 10.3 Å². The Morgan fingerprint density at radius 2 is 2.00 bits per heavy atom. The minimum Gasteiger partial charge on any atom is -0.439 e. The van der Waals surface area contributed by atoms with Gasteiger partial charge in [0.2, 0.25) is 5.88 Å². The average molecular weight is 268 g/mol. The highest BCUT2D eigenvalue weighted by molar-refractivity contribution is 5.93. The zero-order chi connectivity index (χ0) is 13.8. The van der Waals surface area contributed by atoms with Crippen LogP contribution in [0.3, 0.4) is 0 Å². The highest BCUT2D eigenvalue weighted by Gasteiger charge is 2.21. The second kappa shape index (κ2) is 5.74. The number of hydrogen-bond acceptors (Lipinski definition) is 3. The van der Waals surface area contributed by atoms with Crippen molar-refractivity contribution < 1.29 is 9.53 Å². The second-order valence-corrected chi connectivity index (χ2v) is 4.95. The predicted octanol–water partition coefficient (Wildman–Crippen LogP) is 3.01. The number of hydrogen-bond donors (Lipinski definition) is 1. The van der Waals surface area contributed by atoms with Crippen molar-refractivity contribution in [3.05, 3.63) is 54.2 Å². The number of carbonyl (C=O) groups excluding carboxylic acids is 1. The van der Waals surface area contributed by atoms with E-state index >= 15 is 0 Å². The molecule has 102 valence electrons. The molecule has 1 N–H and O–H groups in total. The molecule has 1 aromatic carbocycles. The molecular weight excluding hydrogens is 252 g/mol. The molecule has 0 atom stereocenters. The number of rotatable bonds is 5. The summed E-state index contributed by atoms with van der Waals surface area (Å²) < 4.78 is 5.58. The van der Waals surface area contributed by atoms with E-state index < -0.39 is 0 Å². The van der Waals surface area contributed by atoms with Gasteiger partial charge in [0.05, 0.1) is 5.56 Å². The lowest BCUT2D eigenvalue weighted by atomic mass is 10.2. The molecule has 2 aromatic rings. The van der Waals surface area contributed by atoms with Gasteiger partial charge in [-0.05, 0) is 37.0 Å². The van der Waals surface area contributed by atoms with Gasteiger partial charge in [0.1, 0.15) is 5.75 Å². The maximum Gasteiger partial charge on any atom is 0.252 e. The molecule has 4 nitrogen and oxygen atoms in total. The molecule has 0 aliphatic heterocycles. The van der Waals surface area contributed by atoms with Crippen LogP contribution in [-0.4, -0.2) is 17.4 Å². The number of ether oxygens (including phenoxy) is 1. The maximum absolute atomic E-state index is 11.9. The van der Waals surface area contributed by atoms with Crippen LogP contribution in [0.1, 0.15) is 23.2 Å². The fourth-order valence-corrected chi connectivity index (χ4v) is 1.85. The first-order chi connectivity index (χ1) is 9.81. The molecular formula is C16H16N2O2. The summed E-state index contributed by atoms with van der Waals surface area (Å²) in [6.07, 6.45) is 3.99. The van der Waals surface area contributed by atoms with E-state index in [1.807, 2.05) is 30.3 Å². The number of benzene rings is 1. The summed E-state index contributed by atoms with van der Waals surface area (Å²) in [5.41, 5.74) is 0.561. The van der Waals surface area contributed by atoms with Crippen LogP contribution in [-0.2, 0) is 0 Å². The van der Waals surface area contributed by atoms with Gasteiger partial charge in [0, 0.05) is 18.8 Å². The van der Waals surface area contributed by atoms with Crippen molar-refractivity contribution in [1.82, 2.24) is 10.3 Å². The summed E-state index contributed by atoms with van der Waals surface area (Å²) in [5, 5.41) is 2.91. The highest BCUT2D eigenvalue weighted by atomic mass is 16.5. The van der Waals surface area contributed by atoms with Gasteiger partial charge in [0.15, 0.2) is 0 Å². The lowest BCUT2D eigenvalue weighted by Crippen LogP contribution is -2.25. The van der Waals surface area contributed by atoms with Crippen molar-refractivity contribution in [2.24, 2.45) is 5.92 Å². The number of aromatic nitrogens is 1. The van der Waals surface area contributed by atoms with Crippen molar-refractivity contribution in [3.63, 3.8) is 0 Å². The zero-order valence-electron chi connectivity index (χ0n) is 11.1. The first kappa shape index (κ1) is 12.7. The minimum absolute atomic E-state index is 0.0735. The van der Waals surface area contributed by atoms with Crippen LogP contribution in [0.25, 0.3) is 0 Å². The summed E-state index contributed by atoms with van der Waals surface area (Å²) in [5.74, 6) is 1.81. The SMILES string of the molecule is O=C(NCC1CC1)c1ccc(Oc2ccccc2)nc1.